The minimum Gasteiger partial charge on any atom is -0.494 e. The second-order valence-corrected chi connectivity index (χ2v) is 3.93. The number of aromatic nitrogens is 2. The van der Waals surface area contributed by atoms with Gasteiger partial charge in [0.15, 0.2) is 0 Å². The van der Waals surface area contributed by atoms with E-state index < -0.39 is 0 Å². The van der Waals surface area contributed by atoms with Gasteiger partial charge in [-0.15, -0.1) is 0 Å². The first-order valence-corrected chi connectivity index (χ1v) is 6.11. The van der Waals surface area contributed by atoms with Crippen molar-refractivity contribution in [2.75, 3.05) is 6.61 Å². The summed E-state index contributed by atoms with van der Waals surface area (Å²) in [6.07, 6.45) is 4.16. The Morgan fingerprint density at radius 2 is 1.88 bits per heavy atom. The molecule has 0 spiro atoms. The largest absolute Gasteiger partial charge is 0.494 e. The molecule has 0 bridgehead atoms. The third-order valence-corrected chi connectivity index (χ3v) is 2.56. The van der Waals surface area contributed by atoms with Crippen LogP contribution >= 0.6 is 0 Å². The molecule has 3 nitrogen and oxygen atoms in total. The summed E-state index contributed by atoms with van der Waals surface area (Å²) in [6.45, 7) is 4.84. The first-order chi connectivity index (χ1) is 8.33. The highest BCUT2D eigenvalue weighted by atomic mass is 16.5. The second kappa shape index (κ2) is 5.53. The van der Waals surface area contributed by atoms with Gasteiger partial charge >= 0.3 is 0 Å². The van der Waals surface area contributed by atoms with E-state index in [1.54, 1.807) is 0 Å². The molecule has 1 aromatic carbocycles. The normalized spacial score (nSPS) is 10.5. The van der Waals surface area contributed by atoms with Gasteiger partial charge in [0.2, 0.25) is 0 Å². The van der Waals surface area contributed by atoms with E-state index in [0.717, 1.165) is 30.0 Å². The molecule has 0 saturated carbocycles. The zero-order valence-corrected chi connectivity index (χ0v) is 10.4. The van der Waals surface area contributed by atoms with E-state index >= 15 is 0 Å². The summed E-state index contributed by atoms with van der Waals surface area (Å²) >= 11 is 0. The van der Waals surface area contributed by atoms with Gasteiger partial charge in [0.25, 0.3) is 0 Å². The van der Waals surface area contributed by atoms with E-state index in [1.807, 2.05) is 42.1 Å². The lowest BCUT2D eigenvalue weighted by Gasteiger charge is -2.04. The van der Waals surface area contributed by atoms with Crippen LogP contribution in [0.15, 0.2) is 36.5 Å². The molecule has 1 heterocycles. The lowest BCUT2D eigenvalue weighted by atomic mass is 10.3. The molecule has 3 heteroatoms. The first-order valence-electron chi connectivity index (χ1n) is 6.11. The molecule has 90 valence electrons. The molecule has 1 aromatic heterocycles. The SMILES string of the molecule is CCCc1ccn(-c2ccc(OCC)cc2)n1. The van der Waals surface area contributed by atoms with Crippen LogP contribution in [0.25, 0.3) is 5.69 Å². The van der Waals surface area contributed by atoms with Crippen molar-refractivity contribution in [3.05, 3.63) is 42.2 Å². The van der Waals surface area contributed by atoms with Gasteiger partial charge in [0.05, 0.1) is 18.0 Å². The Labute approximate surface area is 102 Å². The number of hydrogen-bond acceptors (Lipinski definition) is 2. The van der Waals surface area contributed by atoms with Crippen molar-refractivity contribution in [2.45, 2.75) is 26.7 Å². The quantitative estimate of drug-likeness (QED) is 0.788. The molecular weight excluding hydrogens is 212 g/mol. The Bertz CT molecular complexity index is 459. The lowest BCUT2D eigenvalue weighted by molar-refractivity contribution is 0.340. The van der Waals surface area contributed by atoms with E-state index in [-0.39, 0.29) is 0 Å². The highest BCUT2D eigenvalue weighted by molar-refractivity contribution is 5.36. The van der Waals surface area contributed by atoms with Crippen molar-refractivity contribution in [1.82, 2.24) is 9.78 Å². The molecule has 0 amide bonds. The van der Waals surface area contributed by atoms with Crippen LogP contribution in [0.5, 0.6) is 5.75 Å². The smallest absolute Gasteiger partial charge is 0.119 e. The van der Waals surface area contributed by atoms with Crippen LogP contribution in [0.3, 0.4) is 0 Å². The Kier molecular flexibility index (Phi) is 3.81. The number of hydrogen-bond donors (Lipinski definition) is 0. The third-order valence-electron chi connectivity index (χ3n) is 2.56. The van der Waals surface area contributed by atoms with Crippen LogP contribution in [0.2, 0.25) is 0 Å². The molecule has 17 heavy (non-hydrogen) atoms. The van der Waals surface area contributed by atoms with Crippen LogP contribution in [0.4, 0.5) is 0 Å². The number of aryl methyl sites for hydroxylation is 1. The number of benzene rings is 1. The average molecular weight is 230 g/mol. The molecule has 0 N–H and O–H groups in total. The summed E-state index contributed by atoms with van der Waals surface area (Å²) in [5, 5.41) is 4.52. The molecule has 0 saturated heterocycles. The van der Waals surface area contributed by atoms with Crippen LogP contribution < -0.4 is 4.74 Å². The van der Waals surface area contributed by atoms with Crippen LogP contribution in [-0.4, -0.2) is 16.4 Å². The van der Waals surface area contributed by atoms with Crippen molar-refractivity contribution in [3.63, 3.8) is 0 Å². The summed E-state index contributed by atoms with van der Waals surface area (Å²) < 4.78 is 7.31. The molecule has 2 rings (SSSR count). The minimum absolute atomic E-state index is 0.696. The maximum atomic E-state index is 5.41. The summed E-state index contributed by atoms with van der Waals surface area (Å²) in [5.41, 5.74) is 2.21. The highest BCUT2D eigenvalue weighted by Gasteiger charge is 2.00. The summed E-state index contributed by atoms with van der Waals surface area (Å²) in [5.74, 6) is 0.900. The maximum absolute atomic E-state index is 5.41. The van der Waals surface area contributed by atoms with Crippen LogP contribution in [0.1, 0.15) is 26.0 Å². The van der Waals surface area contributed by atoms with E-state index in [1.165, 1.54) is 0 Å². The van der Waals surface area contributed by atoms with Crippen LogP contribution in [-0.2, 0) is 6.42 Å². The number of rotatable bonds is 5. The Balaban J connectivity index is 2.15. The van der Waals surface area contributed by atoms with Gasteiger partial charge in [-0.25, -0.2) is 4.68 Å². The molecular formula is C14H18N2O. The fourth-order valence-corrected chi connectivity index (χ4v) is 1.76. The summed E-state index contributed by atoms with van der Waals surface area (Å²) in [7, 11) is 0. The molecule has 0 aliphatic rings. The summed E-state index contributed by atoms with van der Waals surface area (Å²) in [6, 6.07) is 10.1. The molecule has 2 aromatic rings. The number of ether oxygens (including phenoxy) is 1. The summed E-state index contributed by atoms with van der Waals surface area (Å²) in [4.78, 5) is 0. The highest BCUT2D eigenvalue weighted by Crippen LogP contribution is 2.15. The molecule has 0 fully saturated rings. The number of nitrogens with zero attached hydrogens (tertiary/aromatic N) is 2. The van der Waals surface area contributed by atoms with Crippen molar-refractivity contribution in [1.29, 1.82) is 0 Å². The lowest BCUT2D eigenvalue weighted by Crippen LogP contribution is -1.97. The fourth-order valence-electron chi connectivity index (χ4n) is 1.76. The molecule has 0 aliphatic carbocycles. The monoisotopic (exact) mass is 230 g/mol. The van der Waals surface area contributed by atoms with Crippen molar-refractivity contribution < 1.29 is 4.74 Å². The fraction of sp³-hybridized carbons (Fsp3) is 0.357. The Morgan fingerprint density at radius 3 is 2.53 bits per heavy atom. The van der Waals surface area contributed by atoms with Crippen molar-refractivity contribution in [2.24, 2.45) is 0 Å². The average Bonchev–Trinajstić information content (AvgIpc) is 2.80. The van der Waals surface area contributed by atoms with Gasteiger partial charge in [-0.3, -0.25) is 0 Å². The Hall–Kier alpha value is -1.77. The zero-order valence-electron chi connectivity index (χ0n) is 10.4. The third kappa shape index (κ3) is 2.87. The second-order valence-electron chi connectivity index (χ2n) is 3.93. The van der Waals surface area contributed by atoms with Crippen LogP contribution in [0, 0.1) is 0 Å². The van der Waals surface area contributed by atoms with Gasteiger partial charge in [-0.1, -0.05) is 13.3 Å². The maximum Gasteiger partial charge on any atom is 0.119 e. The minimum atomic E-state index is 0.696. The predicted molar refractivity (Wildman–Crippen MR) is 68.7 cm³/mol. The van der Waals surface area contributed by atoms with E-state index in [4.69, 9.17) is 4.74 Å². The molecule has 0 aliphatic heterocycles. The molecule has 0 radical (unpaired) electrons. The van der Waals surface area contributed by atoms with Crippen molar-refractivity contribution in [3.8, 4) is 11.4 Å². The van der Waals surface area contributed by atoms with Gasteiger partial charge in [0, 0.05) is 6.20 Å². The zero-order chi connectivity index (χ0) is 12.1. The molecule has 0 atom stereocenters. The van der Waals surface area contributed by atoms with Gasteiger partial charge in [-0.2, -0.15) is 5.10 Å². The van der Waals surface area contributed by atoms with E-state index in [9.17, 15) is 0 Å². The van der Waals surface area contributed by atoms with Crippen molar-refractivity contribution >= 4 is 0 Å². The predicted octanol–water partition coefficient (Wildman–Crippen LogP) is 3.22. The van der Waals surface area contributed by atoms with Gasteiger partial charge in [0.1, 0.15) is 5.75 Å². The first kappa shape index (κ1) is 11.7. The topological polar surface area (TPSA) is 27.1 Å². The van der Waals surface area contributed by atoms with Gasteiger partial charge in [-0.05, 0) is 43.7 Å². The molecule has 0 unspecified atom stereocenters. The van der Waals surface area contributed by atoms with E-state index in [0.29, 0.717) is 6.61 Å². The Morgan fingerprint density at radius 1 is 1.12 bits per heavy atom. The standard InChI is InChI=1S/C14H18N2O/c1-3-5-12-10-11-16(15-12)13-6-8-14(9-7-13)17-4-2/h6-11H,3-5H2,1-2H3. The van der Waals surface area contributed by atoms with E-state index in [2.05, 4.69) is 18.1 Å². The van der Waals surface area contributed by atoms with Gasteiger partial charge < -0.3 is 4.74 Å².